The predicted molar refractivity (Wildman–Crippen MR) is 64.9 cm³/mol. The van der Waals surface area contributed by atoms with Crippen LogP contribution in [0.5, 0.6) is 0 Å². The van der Waals surface area contributed by atoms with Crippen LogP contribution >= 0.6 is 11.8 Å². The van der Waals surface area contributed by atoms with E-state index in [9.17, 15) is 0 Å². The SMILES string of the molecule is Cn1cc(SCc2cccnc2CN)cn1. The third-order valence-corrected chi connectivity index (χ3v) is 3.25. The molecule has 16 heavy (non-hydrogen) atoms. The van der Waals surface area contributed by atoms with E-state index in [1.807, 2.05) is 25.5 Å². The lowest BCUT2D eigenvalue weighted by atomic mass is 10.2. The predicted octanol–water partition coefficient (Wildman–Crippen LogP) is 1.57. The monoisotopic (exact) mass is 234 g/mol. The second-order valence-electron chi connectivity index (χ2n) is 3.45. The summed E-state index contributed by atoms with van der Waals surface area (Å²) in [4.78, 5) is 5.42. The summed E-state index contributed by atoms with van der Waals surface area (Å²) in [6.07, 6.45) is 5.65. The second-order valence-corrected chi connectivity index (χ2v) is 4.50. The molecule has 2 aromatic rings. The summed E-state index contributed by atoms with van der Waals surface area (Å²) >= 11 is 1.74. The van der Waals surface area contributed by atoms with E-state index in [4.69, 9.17) is 5.73 Å². The Bertz CT molecular complexity index is 467. The van der Waals surface area contributed by atoms with Gasteiger partial charge in [-0.1, -0.05) is 6.07 Å². The Kier molecular flexibility index (Phi) is 3.58. The van der Waals surface area contributed by atoms with Crippen molar-refractivity contribution in [2.75, 3.05) is 0 Å². The number of rotatable bonds is 4. The van der Waals surface area contributed by atoms with Gasteiger partial charge in [-0.05, 0) is 11.6 Å². The molecule has 2 N–H and O–H groups in total. The van der Waals surface area contributed by atoms with E-state index >= 15 is 0 Å². The number of hydrogen-bond acceptors (Lipinski definition) is 4. The molecule has 4 nitrogen and oxygen atoms in total. The van der Waals surface area contributed by atoms with Crippen LogP contribution in [0.15, 0.2) is 35.6 Å². The van der Waals surface area contributed by atoms with Gasteiger partial charge in [-0.3, -0.25) is 9.67 Å². The van der Waals surface area contributed by atoms with Crippen molar-refractivity contribution in [1.82, 2.24) is 14.8 Å². The maximum atomic E-state index is 5.64. The minimum atomic E-state index is 0.490. The molecule has 0 saturated heterocycles. The summed E-state index contributed by atoms with van der Waals surface area (Å²) in [5.41, 5.74) is 7.80. The Morgan fingerprint density at radius 1 is 1.50 bits per heavy atom. The van der Waals surface area contributed by atoms with Gasteiger partial charge in [0.1, 0.15) is 0 Å². The van der Waals surface area contributed by atoms with E-state index in [1.54, 1.807) is 22.6 Å². The van der Waals surface area contributed by atoms with Crippen LogP contribution in [0.2, 0.25) is 0 Å². The molecule has 0 atom stereocenters. The van der Waals surface area contributed by atoms with Crippen molar-refractivity contribution >= 4 is 11.8 Å². The molecule has 5 heteroatoms. The summed E-state index contributed by atoms with van der Waals surface area (Å²) in [7, 11) is 1.92. The van der Waals surface area contributed by atoms with Gasteiger partial charge in [0.05, 0.1) is 11.9 Å². The van der Waals surface area contributed by atoms with Gasteiger partial charge in [0.25, 0.3) is 0 Å². The molecule has 0 saturated carbocycles. The Morgan fingerprint density at radius 3 is 3.06 bits per heavy atom. The number of nitrogens with zero attached hydrogens (tertiary/aromatic N) is 3. The smallest absolute Gasteiger partial charge is 0.0625 e. The molecule has 0 aliphatic heterocycles. The van der Waals surface area contributed by atoms with E-state index in [0.29, 0.717) is 6.54 Å². The maximum absolute atomic E-state index is 5.64. The molecule has 0 aliphatic carbocycles. The number of aryl methyl sites for hydroxylation is 1. The first-order valence-corrected chi connectivity index (χ1v) is 6.02. The van der Waals surface area contributed by atoms with E-state index < -0.39 is 0 Å². The minimum absolute atomic E-state index is 0.490. The highest BCUT2D eigenvalue weighted by Gasteiger charge is 2.03. The standard InChI is InChI=1S/C11H14N4S/c1-15-7-10(6-14-15)16-8-9-3-2-4-13-11(9)5-12/h2-4,6-7H,5,8,12H2,1H3. The first-order chi connectivity index (χ1) is 7.79. The summed E-state index contributed by atoms with van der Waals surface area (Å²) in [5.74, 6) is 0.881. The van der Waals surface area contributed by atoms with Crippen LogP contribution in [0.25, 0.3) is 0 Å². The Hall–Kier alpha value is -1.33. The lowest BCUT2D eigenvalue weighted by Gasteiger charge is -2.04. The normalized spacial score (nSPS) is 10.6. The third-order valence-electron chi connectivity index (χ3n) is 2.25. The molecule has 0 bridgehead atoms. The van der Waals surface area contributed by atoms with E-state index in [0.717, 1.165) is 16.3 Å². The average Bonchev–Trinajstić information content (AvgIpc) is 2.73. The molecule has 0 amide bonds. The van der Waals surface area contributed by atoms with Gasteiger partial charge < -0.3 is 5.73 Å². The summed E-state index contributed by atoms with van der Waals surface area (Å²) in [6, 6.07) is 4.01. The highest BCUT2D eigenvalue weighted by Crippen LogP contribution is 2.22. The zero-order chi connectivity index (χ0) is 11.4. The van der Waals surface area contributed by atoms with Crippen LogP contribution in [-0.2, 0) is 19.3 Å². The fourth-order valence-electron chi connectivity index (χ4n) is 1.42. The van der Waals surface area contributed by atoms with Gasteiger partial charge in [0.15, 0.2) is 0 Å². The minimum Gasteiger partial charge on any atom is -0.325 e. The lowest BCUT2D eigenvalue weighted by Crippen LogP contribution is -2.03. The molecule has 2 rings (SSSR count). The summed E-state index contributed by atoms with van der Waals surface area (Å²) in [5, 5.41) is 4.13. The van der Waals surface area contributed by atoms with Gasteiger partial charge in [-0.15, -0.1) is 11.8 Å². The average molecular weight is 234 g/mol. The highest BCUT2D eigenvalue weighted by molar-refractivity contribution is 7.98. The van der Waals surface area contributed by atoms with Crippen molar-refractivity contribution in [3.63, 3.8) is 0 Å². The van der Waals surface area contributed by atoms with Crippen molar-refractivity contribution in [2.24, 2.45) is 12.8 Å². The molecular formula is C11H14N4S. The molecule has 84 valence electrons. The summed E-state index contributed by atoms with van der Waals surface area (Å²) in [6.45, 7) is 0.490. The number of thioether (sulfide) groups is 1. The number of hydrogen-bond donors (Lipinski definition) is 1. The van der Waals surface area contributed by atoms with Crippen molar-refractivity contribution in [1.29, 1.82) is 0 Å². The third kappa shape index (κ3) is 2.62. The lowest BCUT2D eigenvalue weighted by molar-refractivity contribution is 0.766. The molecule has 0 radical (unpaired) electrons. The van der Waals surface area contributed by atoms with Crippen LogP contribution in [0.1, 0.15) is 11.3 Å². The van der Waals surface area contributed by atoms with Crippen molar-refractivity contribution in [3.8, 4) is 0 Å². The molecule has 0 spiro atoms. The van der Waals surface area contributed by atoms with Gasteiger partial charge in [0.2, 0.25) is 0 Å². The van der Waals surface area contributed by atoms with Crippen LogP contribution in [0.4, 0.5) is 0 Å². The Balaban J connectivity index is 2.04. The van der Waals surface area contributed by atoms with Crippen LogP contribution in [0, 0.1) is 0 Å². The molecule has 0 fully saturated rings. The van der Waals surface area contributed by atoms with Crippen LogP contribution in [0.3, 0.4) is 0 Å². The van der Waals surface area contributed by atoms with Gasteiger partial charge in [-0.2, -0.15) is 5.10 Å². The van der Waals surface area contributed by atoms with Crippen LogP contribution in [-0.4, -0.2) is 14.8 Å². The van der Waals surface area contributed by atoms with Gasteiger partial charge in [-0.25, -0.2) is 0 Å². The van der Waals surface area contributed by atoms with Crippen molar-refractivity contribution in [2.45, 2.75) is 17.2 Å². The molecule has 2 heterocycles. The second kappa shape index (κ2) is 5.14. The summed E-state index contributed by atoms with van der Waals surface area (Å²) < 4.78 is 1.80. The fraction of sp³-hybridized carbons (Fsp3) is 0.273. The first kappa shape index (κ1) is 11.2. The molecule has 0 unspecified atom stereocenters. The zero-order valence-electron chi connectivity index (χ0n) is 9.13. The number of aromatic nitrogens is 3. The zero-order valence-corrected chi connectivity index (χ0v) is 9.94. The first-order valence-electron chi connectivity index (χ1n) is 5.04. The quantitative estimate of drug-likeness (QED) is 0.816. The molecule has 0 aliphatic rings. The topological polar surface area (TPSA) is 56.7 Å². The van der Waals surface area contributed by atoms with Crippen molar-refractivity contribution in [3.05, 3.63) is 42.0 Å². The van der Waals surface area contributed by atoms with Crippen LogP contribution < -0.4 is 5.73 Å². The fourth-order valence-corrected chi connectivity index (χ4v) is 2.35. The van der Waals surface area contributed by atoms with E-state index in [1.165, 1.54) is 5.56 Å². The maximum Gasteiger partial charge on any atom is 0.0625 e. The molecular weight excluding hydrogens is 220 g/mol. The largest absolute Gasteiger partial charge is 0.325 e. The van der Waals surface area contributed by atoms with Crippen molar-refractivity contribution < 1.29 is 0 Å². The van der Waals surface area contributed by atoms with E-state index in [-0.39, 0.29) is 0 Å². The highest BCUT2D eigenvalue weighted by atomic mass is 32.2. The Labute approximate surface area is 98.9 Å². The Morgan fingerprint density at radius 2 is 2.38 bits per heavy atom. The van der Waals surface area contributed by atoms with Gasteiger partial charge in [0, 0.05) is 36.6 Å². The van der Waals surface area contributed by atoms with Gasteiger partial charge >= 0.3 is 0 Å². The molecule has 0 aromatic carbocycles. The number of pyridine rings is 1. The number of nitrogens with two attached hydrogens (primary N) is 1. The van der Waals surface area contributed by atoms with E-state index in [2.05, 4.69) is 16.1 Å². The molecule has 2 aromatic heterocycles.